The number of amides is 1. The van der Waals surface area contributed by atoms with Crippen LogP contribution < -0.4 is 21.4 Å². The van der Waals surface area contributed by atoms with Crippen molar-refractivity contribution in [1.82, 2.24) is 0 Å². The number of carbonyl (C=O) groups excluding carboxylic acids is 1. The number of hydrogen-bond acceptors (Lipinski definition) is 3. The SMILES string of the molecule is COC(C(=O)Nc1ccc(-c2ccc(N=C(N)Nc3ccccc3C(F)(F)F)[nH+]c2)cc1)c1ccccc1. The number of hydrogen-bond donors (Lipinski definition) is 3. The third-order valence-corrected chi connectivity index (χ3v) is 5.59. The summed E-state index contributed by atoms with van der Waals surface area (Å²) in [6, 6.07) is 24.9. The third kappa shape index (κ3) is 6.54. The highest BCUT2D eigenvalue weighted by Crippen LogP contribution is 2.34. The molecule has 1 heterocycles. The Bertz CT molecular complexity index is 1410. The predicted molar refractivity (Wildman–Crippen MR) is 140 cm³/mol. The van der Waals surface area contributed by atoms with Crippen molar-refractivity contribution < 1.29 is 27.7 Å². The van der Waals surface area contributed by atoms with Gasteiger partial charge in [0.15, 0.2) is 6.10 Å². The number of aromatic amines is 1. The lowest BCUT2D eigenvalue weighted by Crippen LogP contribution is -2.24. The number of ether oxygens (including phenoxy) is 1. The van der Waals surface area contributed by atoms with Crippen LogP contribution >= 0.6 is 0 Å². The normalized spacial score (nSPS) is 12.6. The zero-order valence-electron chi connectivity index (χ0n) is 20.3. The van der Waals surface area contributed by atoms with Gasteiger partial charge in [-0.2, -0.15) is 13.2 Å². The van der Waals surface area contributed by atoms with E-state index in [2.05, 4.69) is 20.6 Å². The minimum Gasteiger partial charge on any atom is -0.367 e. The summed E-state index contributed by atoms with van der Waals surface area (Å²) in [5.41, 5.74) is 7.86. The van der Waals surface area contributed by atoms with Crippen LogP contribution in [0.15, 0.2) is 102 Å². The number of rotatable bonds is 7. The number of nitrogens with one attached hydrogen (secondary N) is 3. The van der Waals surface area contributed by atoms with Gasteiger partial charge in [0.2, 0.25) is 0 Å². The second-order valence-corrected chi connectivity index (χ2v) is 8.22. The molecule has 1 atom stereocenters. The van der Waals surface area contributed by atoms with E-state index in [0.29, 0.717) is 11.5 Å². The van der Waals surface area contributed by atoms with Crippen LogP contribution in [0, 0.1) is 0 Å². The maximum absolute atomic E-state index is 13.2. The summed E-state index contributed by atoms with van der Waals surface area (Å²) < 4.78 is 44.9. The maximum atomic E-state index is 13.2. The molecule has 0 saturated heterocycles. The van der Waals surface area contributed by atoms with Crippen molar-refractivity contribution in [1.29, 1.82) is 0 Å². The molecule has 3 aromatic carbocycles. The van der Waals surface area contributed by atoms with Crippen molar-refractivity contribution in [2.75, 3.05) is 17.7 Å². The Morgan fingerprint density at radius 3 is 2.18 bits per heavy atom. The fourth-order valence-electron chi connectivity index (χ4n) is 3.78. The number of halogens is 3. The van der Waals surface area contributed by atoms with Crippen LogP contribution in [0.5, 0.6) is 0 Å². The van der Waals surface area contributed by atoms with Crippen molar-refractivity contribution >= 4 is 29.1 Å². The largest absolute Gasteiger partial charge is 0.418 e. The Labute approximate surface area is 217 Å². The third-order valence-electron chi connectivity index (χ3n) is 5.59. The van der Waals surface area contributed by atoms with E-state index in [1.807, 2.05) is 42.5 Å². The van der Waals surface area contributed by atoms with E-state index in [1.54, 1.807) is 30.5 Å². The standard InChI is InChI=1S/C28H24F3N5O2/c1-38-25(19-7-3-2-4-8-19)26(37)34-21-14-11-18(12-15-21)20-13-16-24(33-17-20)36-27(32)35-23-10-6-5-9-22(23)28(29,30)31/h2-17,25H,1H3,(H,34,37)(H3,32,33,35,36)/p+1. The van der Waals surface area contributed by atoms with E-state index >= 15 is 0 Å². The van der Waals surface area contributed by atoms with Gasteiger partial charge in [-0.25, -0.2) is 4.98 Å². The first kappa shape index (κ1) is 26.4. The highest BCUT2D eigenvalue weighted by Gasteiger charge is 2.33. The molecule has 0 aliphatic heterocycles. The number of H-pyrrole nitrogens is 1. The molecule has 0 aliphatic rings. The van der Waals surface area contributed by atoms with E-state index in [4.69, 9.17) is 10.5 Å². The Hall–Kier alpha value is -4.70. The van der Waals surface area contributed by atoms with E-state index in [0.717, 1.165) is 22.8 Å². The molecule has 0 saturated carbocycles. The van der Waals surface area contributed by atoms with Gasteiger partial charge in [-0.05, 0) is 46.5 Å². The summed E-state index contributed by atoms with van der Waals surface area (Å²) in [6.07, 6.45) is -3.56. The predicted octanol–water partition coefficient (Wildman–Crippen LogP) is 5.57. The second-order valence-electron chi connectivity index (χ2n) is 8.22. The van der Waals surface area contributed by atoms with E-state index in [9.17, 15) is 18.0 Å². The van der Waals surface area contributed by atoms with Crippen LogP contribution in [0.3, 0.4) is 0 Å². The molecule has 1 amide bonds. The molecule has 4 rings (SSSR count). The number of alkyl halides is 3. The van der Waals surface area contributed by atoms with Crippen molar-refractivity contribution in [3.63, 3.8) is 0 Å². The van der Waals surface area contributed by atoms with Gasteiger partial charge in [0.25, 0.3) is 5.91 Å². The van der Waals surface area contributed by atoms with Gasteiger partial charge >= 0.3 is 18.0 Å². The number of guanidine groups is 1. The first-order valence-electron chi connectivity index (χ1n) is 11.5. The van der Waals surface area contributed by atoms with Crippen LogP contribution in [0.4, 0.5) is 30.4 Å². The number of nitrogens with two attached hydrogens (primary N) is 1. The van der Waals surface area contributed by atoms with Crippen LogP contribution in [0.25, 0.3) is 11.1 Å². The smallest absolute Gasteiger partial charge is 0.367 e. The van der Waals surface area contributed by atoms with Gasteiger partial charge in [-0.15, -0.1) is 0 Å². The summed E-state index contributed by atoms with van der Waals surface area (Å²) in [7, 11) is 1.48. The Balaban J connectivity index is 1.41. The first-order valence-corrected chi connectivity index (χ1v) is 11.5. The number of pyridine rings is 1. The zero-order valence-corrected chi connectivity index (χ0v) is 20.3. The highest BCUT2D eigenvalue weighted by atomic mass is 19.4. The molecule has 5 N–H and O–H groups in total. The summed E-state index contributed by atoms with van der Waals surface area (Å²) in [5, 5.41) is 5.35. The van der Waals surface area contributed by atoms with Crippen LogP contribution in [-0.4, -0.2) is 19.0 Å². The molecular weight excluding hydrogens is 495 g/mol. The number of para-hydroxylation sites is 1. The van der Waals surface area contributed by atoms with Crippen molar-refractivity contribution in [2.45, 2.75) is 12.3 Å². The summed E-state index contributed by atoms with van der Waals surface area (Å²) in [4.78, 5) is 19.8. The number of carbonyl (C=O) groups is 1. The van der Waals surface area contributed by atoms with Gasteiger partial charge in [0.1, 0.15) is 0 Å². The average Bonchev–Trinajstić information content (AvgIpc) is 2.90. The van der Waals surface area contributed by atoms with Gasteiger partial charge in [-0.3, -0.25) is 4.79 Å². The zero-order chi connectivity index (χ0) is 27.1. The number of nitrogens with zero attached hydrogens (tertiary/aromatic N) is 1. The first-order chi connectivity index (χ1) is 18.2. The van der Waals surface area contributed by atoms with Crippen molar-refractivity contribution in [3.8, 4) is 11.1 Å². The lowest BCUT2D eigenvalue weighted by atomic mass is 10.1. The highest BCUT2D eigenvalue weighted by molar-refractivity contribution is 5.95. The van der Waals surface area contributed by atoms with Gasteiger partial charge in [-0.1, -0.05) is 54.6 Å². The molecule has 194 valence electrons. The average molecular weight is 521 g/mol. The molecular formula is C28H25F3N5O2+. The molecule has 0 fully saturated rings. The minimum absolute atomic E-state index is 0.189. The van der Waals surface area contributed by atoms with Gasteiger partial charge < -0.3 is 21.1 Å². The fourth-order valence-corrected chi connectivity index (χ4v) is 3.78. The lowest BCUT2D eigenvalue weighted by Gasteiger charge is -2.15. The Kier molecular flexibility index (Phi) is 8.03. The molecule has 0 spiro atoms. The molecule has 38 heavy (non-hydrogen) atoms. The molecule has 0 radical (unpaired) electrons. The number of methoxy groups -OCH3 is 1. The number of anilines is 2. The van der Waals surface area contributed by atoms with E-state index in [-0.39, 0.29) is 17.6 Å². The summed E-state index contributed by atoms with van der Waals surface area (Å²) in [6.45, 7) is 0. The van der Waals surface area contributed by atoms with Crippen molar-refractivity contribution in [2.24, 2.45) is 10.7 Å². The second kappa shape index (κ2) is 11.6. The molecule has 1 unspecified atom stereocenters. The van der Waals surface area contributed by atoms with Crippen LogP contribution in [0.1, 0.15) is 17.2 Å². The monoisotopic (exact) mass is 520 g/mol. The molecule has 0 bridgehead atoms. The van der Waals surface area contributed by atoms with Gasteiger partial charge in [0.05, 0.1) is 17.4 Å². The summed E-state index contributed by atoms with van der Waals surface area (Å²) in [5.74, 6) is -0.139. The Morgan fingerprint density at radius 1 is 0.895 bits per heavy atom. The number of aliphatic imine (C=N–C) groups is 1. The van der Waals surface area contributed by atoms with Crippen LogP contribution in [-0.2, 0) is 15.7 Å². The fraction of sp³-hybridized carbons (Fsp3) is 0.107. The number of aromatic nitrogens is 1. The molecule has 4 aromatic rings. The molecule has 0 aliphatic carbocycles. The quantitative estimate of drug-likeness (QED) is 0.219. The maximum Gasteiger partial charge on any atom is 0.418 e. The number of benzene rings is 3. The van der Waals surface area contributed by atoms with Crippen molar-refractivity contribution in [3.05, 3.63) is 108 Å². The van der Waals surface area contributed by atoms with Gasteiger partial charge in [0, 0.05) is 24.4 Å². The minimum atomic E-state index is -4.52. The van der Waals surface area contributed by atoms with Crippen LogP contribution in [0.2, 0.25) is 0 Å². The molecule has 7 nitrogen and oxygen atoms in total. The molecule has 1 aromatic heterocycles. The van der Waals surface area contributed by atoms with E-state index < -0.39 is 17.8 Å². The summed E-state index contributed by atoms with van der Waals surface area (Å²) >= 11 is 0. The Morgan fingerprint density at radius 2 is 1.55 bits per heavy atom. The van der Waals surface area contributed by atoms with E-state index in [1.165, 1.54) is 25.3 Å². The topological polar surface area (TPSA) is 103 Å². The lowest BCUT2D eigenvalue weighted by molar-refractivity contribution is -0.361. The molecule has 10 heteroatoms.